The van der Waals surface area contributed by atoms with Crippen LogP contribution >= 0.6 is 34.8 Å². The van der Waals surface area contributed by atoms with Gasteiger partial charge in [-0.15, -0.1) is 0 Å². The summed E-state index contributed by atoms with van der Waals surface area (Å²) >= 11 is 19.0. The highest BCUT2D eigenvalue weighted by atomic mass is 35.5. The maximum Gasteiger partial charge on any atom is 0.224 e. The number of nitrogens with two attached hydrogens (primary N) is 1. The molecule has 0 aliphatic heterocycles. The van der Waals surface area contributed by atoms with E-state index in [1.54, 1.807) is 18.3 Å². The van der Waals surface area contributed by atoms with Crippen molar-refractivity contribution in [1.82, 2.24) is 19.5 Å². The second-order valence-electron chi connectivity index (χ2n) is 10.0. The van der Waals surface area contributed by atoms with Crippen LogP contribution in [0.4, 0.5) is 17.6 Å². The molecule has 9 nitrogen and oxygen atoms in total. The van der Waals surface area contributed by atoms with Crippen molar-refractivity contribution in [2.24, 2.45) is 11.7 Å². The molecule has 3 aromatic rings. The van der Waals surface area contributed by atoms with Crippen LogP contribution in [-0.2, 0) is 4.79 Å². The lowest BCUT2D eigenvalue weighted by Gasteiger charge is -2.29. The normalized spacial score (nSPS) is 24.5. The Morgan fingerprint density at radius 3 is 2.43 bits per heavy atom. The number of hydrogen-bond donors (Lipinski definition) is 4. The fourth-order valence-corrected chi connectivity index (χ4v) is 6.35. The molecule has 2 aromatic heterocycles. The first-order valence-corrected chi connectivity index (χ1v) is 13.8. The smallest absolute Gasteiger partial charge is 0.224 e. The largest absolute Gasteiger partial charge is 0.393 e. The fraction of sp³-hybridized carbons (Fsp3) is 0.520. The lowest BCUT2D eigenvalue weighted by atomic mass is 9.85. The van der Waals surface area contributed by atoms with Crippen molar-refractivity contribution < 1.29 is 9.90 Å². The van der Waals surface area contributed by atoms with Gasteiger partial charge in [0.25, 0.3) is 0 Å². The van der Waals surface area contributed by atoms with E-state index >= 15 is 0 Å². The van der Waals surface area contributed by atoms with Crippen LogP contribution in [0.1, 0.15) is 63.8 Å². The van der Waals surface area contributed by atoms with E-state index in [0.717, 1.165) is 38.5 Å². The van der Waals surface area contributed by atoms with E-state index in [9.17, 15) is 9.90 Å². The van der Waals surface area contributed by atoms with Gasteiger partial charge in [-0.2, -0.15) is 4.98 Å². The molecule has 0 bridgehead atoms. The number of benzene rings is 1. The Kier molecular flexibility index (Phi) is 7.95. The Bertz CT molecular complexity index is 1270. The topological polar surface area (TPSA) is 131 Å². The molecule has 5 N–H and O–H groups in total. The van der Waals surface area contributed by atoms with Gasteiger partial charge < -0.3 is 21.5 Å². The van der Waals surface area contributed by atoms with Crippen molar-refractivity contribution in [2.75, 3.05) is 10.6 Å². The molecule has 198 valence electrons. The summed E-state index contributed by atoms with van der Waals surface area (Å²) in [6, 6.07) is 3.37. The standard InChI is InChI=1S/C25H30Cl3N7O2/c26-14-9-18(27)21(19(28)10-14)33-25-32-20-12-30-24(31-15-3-1-2-4-17(36)11-15)34-23(20)35(25)16-7-5-13(6-8-16)22(29)37/h9-10,12-13,15-17,36H,1-8,11H2,(H2,29,37)(H,32,33)(H,30,31,34)/t13?,15-,16?,17-/m0/s1. The number of aromatic nitrogens is 4. The molecular formula is C25H30Cl3N7O2. The molecule has 37 heavy (non-hydrogen) atoms. The molecule has 1 aromatic carbocycles. The number of hydrogen-bond acceptors (Lipinski definition) is 7. The van der Waals surface area contributed by atoms with Crippen molar-refractivity contribution >= 4 is 69.5 Å². The molecule has 2 heterocycles. The number of amides is 1. The molecule has 1 amide bonds. The van der Waals surface area contributed by atoms with Gasteiger partial charge in [-0.25, -0.2) is 9.97 Å². The summed E-state index contributed by atoms with van der Waals surface area (Å²) in [6.45, 7) is 0. The van der Waals surface area contributed by atoms with Gasteiger partial charge in [0, 0.05) is 23.0 Å². The maximum absolute atomic E-state index is 11.8. The van der Waals surface area contributed by atoms with Gasteiger partial charge in [-0.1, -0.05) is 47.6 Å². The van der Waals surface area contributed by atoms with Crippen LogP contribution in [0.15, 0.2) is 18.3 Å². The molecule has 2 aliphatic carbocycles. The Labute approximate surface area is 230 Å². The Morgan fingerprint density at radius 1 is 1.03 bits per heavy atom. The lowest BCUT2D eigenvalue weighted by Crippen LogP contribution is -2.29. The average molecular weight is 567 g/mol. The second kappa shape index (κ2) is 11.2. The minimum atomic E-state index is -0.320. The summed E-state index contributed by atoms with van der Waals surface area (Å²) in [5, 5.41) is 18.1. The van der Waals surface area contributed by atoms with Crippen molar-refractivity contribution in [3.8, 4) is 0 Å². The molecule has 0 saturated heterocycles. The predicted molar refractivity (Wildman–Crippen MR) is 147 cm³/mol. The first-order chi connectivity index (χ1) is 17.8. The molecule has 5 rings (SSSR count). The zero-order valence-electron chi connectivity index (χ0n) is 20.3. The summed E-state index contributed by atoms with van der Waals surface area (Å²) in [5.41, 5.74) is 7.35. The number of primary amides is 1. The highest BCUT2D eigenvalue weighted by Gasteiger charge is 2.30. The van der Waals surface area contributed by atoms with E-state index in [2.05, 4.69) is 15.6 Å². The van der Waals surface area contributed by atoms with Crippen molar-refractivity contribution in [2.45, 2.75) is 76.0 Å². The Hall–Kier alpha value is -2.33. The Morgan fingerprint density at radius 2 is 1.73 bits per heavy atom. The van der Waals surface area contributed by atoms with Crippen molar-refractivity contribution in [3.05, 3.63) is 33.4 Å². The molecular weight excluding hydrogens is 537 g/mol. The number of nitrogens with zero attached hydrogens (tertiary/aromatic N) is 4. The minimum Gasteiger partial charge on any atom is -0.393 e. The SMILES string of the molecule is NC(=O)C1CCC(n2c(Nc3c(Cl)cc(Cl)cc3Cl)nc3cnc(N[C@H]4CCCC[C@H](O)C4)nc32)CC1. The zero-order chi connectivity index (χ0) is 26.1. The molecule has 2 aliphatic rings. The van der Waals surface area contributed by atoms with E-state index in [-0.39, 0.29) is 30.0 Å². The van der Waals surface area contributed by atoms with Crippen molar-refractivity contribution in [3.63, 3.8) is 0 Å². The molecule has 2 fully saturated rings. The number of aliphatic hydroxyl groups is 1. The van der Waals surface area contributed by atoms with Crippen molar-refractivity contribution in [1.29, 1.82) is 0 Å². The van der Waals surface area contributed by atoms with E-state index in [1.807, 2.05) is 4.57 Å². The van der Waals surface area contributed by atoms with Gasteiger partial charge in [-0.3, -0.25) is 9.36 Å². The van der Waals surface area contributed by atoms with E-state index in [1.165, 1.54) is 0 Å². The molecule has 0 unspecified atom stereocenters. The van der Waals surface area contributed by atoms with Gasteiger partial charge in [0.05, 0.1) is 28.0 Å². The van der Waals surface area contributed by atoms with E-state index in [0.29, 0.717) is 63.1 Å². The number of aliphatic hydroxyl groups excluding tert-OH is 1. The highest BCUT2D eigenvalue weighted by Crippen LogP contribution is 2.40. The molecule has 2 atom stereocenters. The summed E-state index contributed by atoms with van der Waals surface area (Å²) < 4.78 is 2.04. The van der Waals surface area contributed by atoms with Gasteiger partial charge in [0.15, 0.2) is 5.65 Å². The quantitative estimate of drug-likeness (QED) is 0.275. The highest BCUT2D eigenvalue weighted by molar-refractivity contribution is 6.41. The minimum absolute atomic E-state index is 0.0374. The van der Waals surface area contributed by atoms with Crippen LogP contribution in [0.5, 0.6) is 0 Å². The van der Waals surface area contributed by atoms with Gasteiger partial charge >= 0.3 is 0 Å². The summed E-state index contributed by atoms with van der Waals surface area (Å²) in [4.78, 5) is 25.9. The van der Waals surface area contributed by atoms with Gasteiger partial charge in [-0.05, 0) is 57.1 Å². The fourth-order valence-electron chi connectivity index (χ4n) is 5.43. The third-order valence-corrected chi connectivity index (χ3v) is 8.18. The number of imidazole rings is 1. The number of carbonyl (C=O) groups is 1. The number of rotatable bonds is 6. The van der Waals surface area contributed by atoms with Crippen LogP contribution < -0.4 is 16.4 Å². The third kappa shape index (κ3) is 5.90. The number of anilines is 3. The maximum atomic E-state index is 11.8. The van der Waals surface area contributed by atoms with Crippen LogP contribution in [0.3, 0.4) is 0 Å². The van der Waals surface area contributed by atoms with Crippen LogP contribution in [-0.4, -0.2) is 42.7 Å². The number of carbonyl (C=O) groups excluding carboxylic acids is 1. The second-order valence-corrected chi connectivity index (χ2v) is 11.3. The molecule has 0 spiro atoms. The van der Waals surface area contributed by atoms with Crippen LogP contribution in [0.2, 0.25) is 15.1 Å². The third-order valence-electron chi connectivity index (χ3n) is 7.37. The zero-order valence-corrected chi connectivity index (χ0v) is 22.5. The van der Waals surface area contributed by atoms with Gasteiger partial charge in [0.2, 0.25) is 17.8 Å². The van der Waals surface area contributed by atoms with E-state index < -0.39 is 0 Å². The lowest BCUT2D eigenvalue weighted by molar-refractivity contribution is -0.122. The predicted octanol–water partition coefficient (Wildman–Crippen LogP) is 5.85. The first-order valence-electron chi connectivity index (χ1n) is 12.7. The van der Waals surface area contributed by atoms with E-state index in [4.69, 9.17) is 50.5 Å². The number of halogens is 3. The number of fused-ring (bicyclic) bond motifs is 1. The van der Waals surface area contributed by atoms with Crippen LogP contribution in [0.25, 0.3) is 11.2 Å². The Balaban J connectivity index is 1.51. The number of nitrogens with one attached hydrogen (secondary N) is 2. The van der Waals surface area contributed by atoms with Crippen LogP contribution in [0, 0.1) is 5.92 Å². The molecule has 2 saturated carbocycles. The molecule has 0 radical (unpaired) electrons. The van der Waals surface area contributed by atoms with Gasteiger partial charge in [0.1, 0.15) is 5.52 Å². The summed E-state index contributed by atoms with van der Waals surface area (Å²) in [6.07, 6.45) is 8.76. The molecule has 12 heteroatoms. The first kappa shape index (κ1) is 26.3. The summed E-state index contributed by atoms with van der Waals surface area (Å²) in [7, 11) is 0. The average Bonchev–Trinajstić information content (AvgIpc) is 3.07. The summed E-state index contributed by atoms with van der Waals surface area (Å²) in [5.74, 6) is 0.634. The monoisotopic (exact) mass is 565 g/mol.